The minimum Gasteiger partial charge on any atom is -0.462 e. The van der Waals surface area contributed by atoms with Gasteiger partial charge in [0.1, 0.15) is 11.6 Å². The van der Waals surface area contributed by atoms with Crippen molar-refractivity contribution in [1.82, 2.24) is 19.9 Å². The Hall–Kier alpha value is -2.88. The number of pyridine rings is 1. The molecule has 0 radical (unpaired) electrons. The van der Waals surface area contributed by atoms with Crippen molar-refractivity contribution in [3.8, 4) is 0 Å². The van der Waals surface area contributed by atoms with E-state index < -0.39 is 8.32 Å². The zero-order chi connectivity index (χ0) is 26.3. The van der Waals surface area contributed by atoms with Crippen LogP contribution in [0.1, 0.15) is 60.8 Å². The van der Waals surface area contributed by atoms with Crippen LogP contribution in [-0.2, 0) is 35.4 Å². The second-order valence-corrected chi connectivity index (χ2v) is 15.1. The van der Waals surface area contributed by atoms with Gasteiger partial charge in [0.25, 0.3) is 0 Å². The number of carbonyl (C=O) groups is 1. The summed E-state index contributed by atoms with van der Waals surface area (Å²) in [5.41, 5.74) is 2.90. The first-order chi connectivity index (χ1) is 17.0. The van der Waals surface area contributed by atoms with Gasteiger partial charge in [-0.1, -0.05) is 32.9 Å². The number of nitrogens with zero attached hydrogens (tertiary/aromatic N) is 3. The van der Waals surface area contributed by atoms with E-state index in [1.807, 2.05) is 10.8 Å². The fourth-order valence-corrected chi connectivity index (χ4v) is 4.30. The van der Waals surface area contributed by atoms with Crippen molar-refractivity contribution >= 4 is 14.3 Å². The van der Waals surface area contributed by atoms with Gasteiger partial charge in [0, 0.05) is 25.5 Å². The van der Waals surface area contributed by atoms with E-state index in [0.29, 0.717) is 44.1 Å². The second kappa shape index (κ2) is 11.9. The highest BCUT2D eigenvalue weighted by Gasteiger charge is 2.37. The van der Waals surface area contributed by atoms with E-state index in [4.69, 9.17) is 14.1 Å². The van der Waals surface area contributed by atoms with Crippen molar-refractivity contribution in [2.45, 2.75) is 72.1 Å². The summed E-state index contributed by atoms with van der Waals surface area (Å²) in [6.45, 7) is 15.0. The zero-order valence-electron chi connectivity index (χ0n) is 22.1. The molecular formula is C27H37FN4O3Si. The topological polar surface area (TPSA) is 78.3 Å². The molecule has 0 aliphatic heterocycles. The van der Waals surface area contributed by atoms with E-state index in [2.05, 4.69) is 44.2 Å². The smallest absolute Gasteiger partial charge is 0.338 e. The lowest BCUT2D eigenvalue weighted by atomic mass is 10.2. The summed E-state index contributed by atoms with van der Waals surface area (Å²) in [6.07, 6.45) is 3.65. The van der Waals surface area contributed by atoms with Gasteiger partial charge >= 0.3 is 5.97 Å². The molecule has 0 spiro atoms. The van der Waals surface area contributed by atoms with Gasteiger partial charge in [-0.3, -0.25) is 4.98 Å². The molecule has 0 aliphatic rings. The molecule has 1 aromatic carbocycles. The average molecular weight is 513 g/mol. The first-order valence-electron chi connectivity index (χ1n) is 12.2. The zero-order valence-corrected chi connectivity index (χ0v) is 23.1. The number of hydrogen-bond donors (Lipinski definition) is 1. The molecule has 7 nitrogen and oxygen atoms in total. The number of esters is 1. The Morgan fingerprint density at radius 2 is 1.81 bits per heavy atom. The first kappa shape index (κ1) is 27.7. The molecule has 36 heavy (non-hydrogen) atoms. The molecule has 0 saturated carbocycles. The monoisotopic (exact) mass is 512 g/mol. The van der Waals surface area contributed by atoms with Crippen molar-refractivity contribution in [2.24, 2.45) is 0 Å². The van der Waals surface area contributed by atoms with E-state index in [1.54, 1.807) is 37.4 Å². The molecule has 0 unspecified atom stereocenters. The van der Waals surface area contributed by atoms with Gasteiger partial charge in [0.05, 0.1) is 36.7 Å². The quantitative estimate of drug-likeness (QED) is 0.272. The van der Waals surface area contributed by atoms with Gasteiger partial charge in [-0.15, -0.1) is 0 Å². The molecule has 0 amide bonds. The summed E-state index contributed by atoms with van der Waals surface area (Å²) < 4.78 is 26.8. The Balaban J connectivity index is 1.69. The molecule has 0 saturated heterocycles. The van der Waals surface area contributed by atoms with Crippen LogP contribution in [0.5, 0.6) is 0 Å². The SMILES string of the molecule is CCOC(=O)c1cc(CNCc2nccn2Cc2ccc(F)cc2)nc(CO[Si](C)(C)C(C)(C)C)c1. The van der Waals surface area contributed by atoms with Crippen molar-refractivity contribution in [3.05, 3.63) is 82.9 Å². The Bertz CT molecular complexity index is 1160. The second-order valence-electron chi connectivity index (χ2n) is 10.3. The van der Waals surface area contributed by atoms with E-state index >= 15 is 0 Å². The molecule has 3 rings (SSSR count). The third-order valence-electron chi connectivity index (χ3n) is 6.49. The highest BCUT2D eigenvalue weighted by molar-refractivity contribution is 6.74. The summed E-state index contributed by atoms with van der Waals surface area (Å²) in [5, 5.41) is 3.45. The third-order valence-corrected chi connectivity index (χ3v) is 11.0. The minimum atomic E-state index is -1.97. The fraction of sp³-hybridized carbons (Fsp3) is 0.444. The Morgan fingerprint density at radius 3 is 2.47 bits per heavy atom. The fourth-order valence-electron chi connectivity index (χ4n) is 3.36. The molecule has 2 aromatic heterocycles. The van der Waals surface area contributed by atoms with Gasteiger partial charge in [0.15, 0.2) is 8.32 Å². The van der Waals surface area contributed by atoms with Crippen LogP contribution < -0.4 is 5.32 Å². The summed E-state index contributed by atoms with van der Waals surface area (Å²) >= 11 is 0. The van der Waals surface area contributed by atoms with Gasteiger partial charge in [-0.25, -0.2) is 14.2 Å². The number of imidazole rings is 1. The maximum absolute atomic E-state index is 13.2. The van der Waals surface area contributed by atoms with E-state index in [1.165, 1.54) is 12.1 Å². The molecule has 9 heteroatoms. The average Bonchev–Trinajstić information content (AvgIpc) is 3.25. The normalized spacial score (nSPS) is 12.1. The van der Waals surface area contributed by atoms with Crippen LogP contribution in [0.25, 0.3) is 0 Å². The van der Waals surface area contributed by atoms with Crippen LogP contribution in [0.3, 0.4) is 0 Å². The van der Waals surface area contributed by atoms with Gasteiger partial charge in [0.2, 0.25) is 0 Å². The largest absolute Gasteiger partial charge is 0.462 e. The van der Waals surface area contributed by atoms with Gasteiger partial charge < -0.3 is 19.0 Å². The van der Waals surface area contributed by atoms with Crippen molar-refractivity contribution < 1.29 is 18.3 Å². The number of hydrogen-bond acceptors (Lipinski definition) is 6. The maximum atomic E-state index is 13.2. The molecule has 194 valence electrons. The summed E-state index contributed by atoms with van der Waals surface area (Å²) in [6, 6.07) is 9.96. The van der Waals surface area contributed by atoms with Crippen LogP contribution in [0.2, 0.25) is 18.1 Å². The standard InChI is InChI=1S/C27H37FN4O3Si/c1-7-34-26(33)21-14-23(31-24(15-21)19-35-36(5,6)27(2,3)4)16-29-17-25-30-12-13-32(25)18-20-8-10-22(28)11-9-20/h8-15,29H,7,16-19H2,1-6H3. The summed E-state index contributed by atoms with van der Waals surface area (Å²) in [7, 11) is -1.97. The molecule has 3 aromatic rings. The van der Waals surface area contributed by atoms with Crippen molar-refractivity contribution in [1.29, 1.82) is 0 Å². The van der Waals surface area contributed by atoms with Crippen LogP contribution in [0, 0.1) is 5.82 Å². The lowest BCUT2D eigenvalue weighted by molar-refractivity contribution is 0.0525. The van der Waals surface area contributed by atoms with Crippen molar-refractivity contribution in [2.75, 3.05) is 6.61 Å². The first-order valence-corrected chi connectivity index (χ1v) is 15.2. The van der Waals surface area contributed by atoms with Crippen LogP contribution >= 0.6 is 0 Å². The summed E-state index contributed by atoms with van der Waals surface area (Å²) in [5.74, 6) is 0.227. The molecule has 0 bridgehead atoms. The highest BCUT2D eigenvalue weighted by Crippen LogP contribution is 2.37. The number of aromatic nitrogens is 3. The molecular weight excluding hydrogens is 475 g/mol. The molecule has 0 atom stereocenters. The molecule has 2 heterocycles. The highest BCUT2D eigenvalue weighted by atomic mass is 28.4. The number of halogens is 1. The number of carbonyl (C=O) groups excluding carboxylic acids is 1. The maximum Gasteiger partial charge on any atom is 0.338 e. The van der Waals surface area contributed by atoms with Gasteiger partial charge in [-0.2, -0.15) is 0 Å². The number of rotatable bonds is 11. The van der Waals surface area contributed by atoms with Crippen LogP contribution in [0.15, 0.2) is 48.8 Å². The molecule has 0 aliphatic carbocycles. The lowest BCUT2D eigenvalue weighted by Crippen LogP contribution is -2.40. The number of nitrogens with one attached hydrogen (secondary N) is 1. The van der Waals surface area contributed by atoms with E-state index in [9.17, 15) is 9.18 Å². The third kappa shape index (κ3) is 7.56. The molecule has 0 fully saturated rings. The molecule has 1 N–H and O–H groups in total. The Labute approximate surface area is 214 Å². The van der Waals surface area contributed by atoms with Crippen LogP contribution in [-0.4, -0.2) is 35.4 Å². The van der Waals surface area contributed by atoms with Crippen LogP contribution in [0.4, 0.5) is 4.39 Å². The minimum absolute atomic E-state index is 0.0754. The number of ether oxygens (including phenoxy) is 1. The van der Waals surface area contributed by atoms with E-state index in [0.717, 1.165) is 17.1 Å². The predicted molar refractivity (Wildman–Crippen MR) is 140 cm³/mol. The van der Waals surface area contributed by atoms with Gasteiger partial charge in [-0.05, 0) is 54.9 Å². The Morgan fingerprint density at radius 1 is 1.11 bits per heavy atom. The van der Waals surface area contributed by atoms with Crippen molar-refractivity contribution in [3.63, 3.8) is 0 Å². The van der Waals surface area contributed by atoms with E-state index in [-0.39, 0.29) is 16.8 Å². The number of benzene rings is 1. The Kier molecular flexibility index (Phi) is 9.16. The summed E-state index contributed by atoms with van der Waals surface area (Å²) in [4.78, 5) is 21.7. The predicted octanol–water partition coefficient (Wildman–Crippen LogP) is 5.45. The lowest BCUT2D eigenvalue weighted by Gasteiger charge is -2.36.